The van der Waals surface area contributed by atoms with Gasteiger partial charge in [0.2, 0.25) is 18.1 Å². The molecule has 0 saturated carbocycles. The van der Waals surface area contributed by atoms with Gasteiger partial charge in [0.15, 0.2) is 12.6 Å². The van der Waals surface area contributed by atoms with Crippen LogP contribution in [0, 0.1) is 10.1 Å². The van der Waals surface area contributed by atoms with Gasteiger partial charge in [0.05, 0.1) is 24.7 Å². The Kier molecular flexibility index (Phi) is 14.4. The molecule has 3 aliphatic rings. The molecule has 300 valence electrons. The van der Waals surface area contributed by atoms with Crippen molar-refractivity contribution < 1.29 is 95.8 Å². The number of nitrogens with one attached hydrogen (secondary N) is 2. The average Bonchev–Trinajstić information content (AvgIpc) is 3.08. The molecule has 0 unspecified atom stereocenters. The minimum absolute atomic E-state index is 0.0716. The highest BCUT2D eigenvalue weighted by Gasteiger charge is 2.55. The molecule has 0 spiro atoms. The molecule has 15 atom stereocenters. The van der Waals surface area contributed by atoms with Gasteiger partial charge in [-0.1, -0.05) is 0 Å². The number of ether oxygens (including phenoxy) is 6. The first-order chi connectivity index (χ1) is 24.8. The monoisotopic (exact) mass is 787 g/mol. The van der Waals surface area contributed by atoms with Crippen molar-refractivity contribution in [2.75, 3.05) is 19.8 Å². The maximum absolute atomic E-state index is 12.3. The molecule has 0 bridgehead atoms. The number of hydrogen-bond acceptors (Lipinski definition) is 20. The number of non-ortho nitro benzene ring substituents is 1. The van der Waals surface area contributed by atoms with Gasteiger partial charge in [-0.3, -0.25) is 24.3 Å². The van der Waals surface area contributed by atoms with E-state index in [9.17, 15) is 68.4 Å². The van der Waals surface area contributed by atoms with Gasteiger partial charge in [-0.05, 0) is 12.1 Å². The molecule has 3 aliphatic heterocycles. The van der Waals surface area contributed by atoms with Crippen LogP contribution in [0.4, 0.5) is 5.69 Å². The second kappa shape index (κ2) is 17.9. The Hall–Kier alpha value is -3.25. The summed E-state index contributed by atoms with van der Waals surface area (Å²) in [5, 5.41) is 89.3. The first-order valence-electron chi connectivity index (χ1n) is 15.8. The highest BCUT2D eigenvalue weighted by Crippen LogP contribution is 2.33. The lowest BCUT2D eigenvalue weighted by molar-refractivity contribution is -0.384. The van der Waals surface area contributed by atoms with Gasteiger partial charge < -0.3 is 74.8 Å². The molecule has 25 heteroatoms. The molecule has 1 aromatic rings. The molecule has 24 nitrogen and oxygen atoms in total. The van der Waals surface area contributed by atoms with Crippen LogP contribution in [0.1, 0.15) is 13.8 Å². The van der Waals surface area contributed by atoms with E-state index < -0.39 is 139 Å². The molecule has 3 saturated heterocycles. The van der Waals surface area contributed by atoms with Crippen molar-refractivity contribution in [1.82, 2.24) is 10.6 Å². The van der Waals surface area contributed by atoms with Gasteiger partial charge in [0.1, 0.15) is 78.9 Å². The Morgan fingerprint density at radius 1 is 0.755 bits per heavy atom. The number of aliphatic hydroxyl groups is 7. The van der Waals surface area contributed by atoms with Gasteiger partial charge in [-0.25, -0.2) is 4.18 Å². The highest BCUT2D eigenvalue weighted by molar-refractivity contribution is 7.80. The van der Waals surface area contributed by atoms with Crippen LogP contribution in [0.2, 0.25) is 0 Å². The fourth-order valence-electron chi connectivity index (χ4n) is 5.87. The normalized spacial score (nSPS) is 37.7. The molecule has 53 heavy (non-hydrogen) atoms. The quantitative estimate of drug-likeness (QED) is 0.0477. The van der Waals surface area contributed by atoms with Crippen molar-refractivity contribution >= 4 is 27.9 Å². The van der Waals surface area contributed by atoms with E-state index in [1.807, 2.05) is 0 Å². The average molecular weight is 788 g/mol. The number of rotatable bonds is 14. The SMILES string of the molecule is CC(=O)N[C@H]1[C@H](O[C@H]2[C@H](O)[C@@H](NC(C)=O)[C@H](Oc3ccc([N+](=O)[O-])cc3)O[C@@H]2COS(=O)(=O)O)O[C@H](CO)[C@@H](O[C@@H]2O[C@H](CO)[C@H](O)[C@H](O)[C@H]2O)[C@@H]1O. The highest BCUT2D eigenvalue weighted by atomic mass is 32.3. The molecule has 3 heterocycles. The zero-order chi connectivity index (χ0) is 39.4. The van der Waals surface area contributed by atoms with Crippen molar-refractivity contribution in [2.45, 2.75) is 106 Å². The smallest absolute Gasteiger partial charge is 0.397 e. The van der Waals surface area contributed by atoms with Crippen molar-refractivity contribution in [1.29, 1.82) is 0 Å². The maximum Gasteiger partial charge on any atom is 0.397 e. The van der Waals surface area contributed by atoms with E-state index in [2.05, 4.69) is 14.8 Å². The Morgan fingerprint density at radius 3 is 1.75 bits per heavy atom. The topological polar surface area (TPSA) is 362 Å². The Balaban J connectivity index is 1.64. The third-order valence-corrected chi connectivity index (χ3v) is 8.81. The summed E-state index contributed by atoms with van der Waals surface area (Å²) in [7, 11) is -5.16. The van der Waals surface area contributed by atoms with Crippen LogP contribution in [-0.4, -0.2) is 177 Å². The molecular weight excluding hydrogens is 746 g/mol. The van der Waals surface area contributed by atoms with E-state index in [1.54, 1.807) is 0 Å². The van der Waals surface area contributed by atoms with Crippen LogP contribution in [0.15, 0.2) is 24.3 Å². The summed E-state index contributed by atoms with van der Waals surface area (Å²) < 4.78 is 71.1. The molecule has 2 amide bonds. The van der Waals surface area contributed by atoms with E-state index in [4.69, 9.17) is 28.4 Å². The number of benzene rings is 1. The molecule has 3 fully saturated rings. The Labute approximate surface area is 300 Å². The summed E-state index contributed by atoms with van der Waals surface area (Å²) in [6.45, 7) is -0.766. The zero-order valence-corrected chi connectivity index (χ0v) is 28.6. The van der Waals surface area contributed by atoms with Crippen molar-refractivity contribution in [2.24, 2.45) is 0 Å². The molecule has 0 aromatic heterocycles. The summed E-state index contributed by atoms with van der Waals surface area (Å²) in [6, 6.07) is 1.25. The number of nitro groups is 1. The number of amides is 2. The lowest BCUT2D eigenvalue weighted by Gasteiger charge is -2.49. The van der Waals surface area contributed by atoms with E-state index in [0.29, 0.717) is 0 Å². The number of hydrogen-bond donors (Lipinski definition) is 10. The third-order valence-electron chi connectivity index (χ3n) is 8.38. The van der Waals surface area contributed by atoms with E-state index in [0.717, 1.165) is 38.1 Å². The molecular formula is C28H41N3O21S. The summed E-state index contributed by atoms with van der Waals surface area (Å²) in [5.74, 6) is -1.60. The first-order valence-corrected chi connectivity index (χ1v) is 17.2. The Morgan fingerprint density at radius 2 is 1.25 bits per heavy atom. The minimum Gasteiger partial charge on any atom is -0.463 e. The van der Waals surface area contributed by atoms with Gasteiger partial charge >= 0.3 is 10.4 Å². The van der Waals surface area contributed by atoms with Crippen LogP contribution in [0.25, 0.3) is 0 Å². The molecule has 4 rings (SSSR count). The standard InChI is InChI=1S/C28H41N3O21S/c1-10(34)29-17-21(38)25(16(9-46-53(43,44)45)50-26(17)47-13-5-3-12(4-6-13)31(41)42)51-27-18(30-11(2)35)20(37)24(15(8-33)49-27)52-28-23(40)22(39)19(36)14(7-32)48-28/h3-6,14-28,32-33,36-40H,7-9H2,1-2H3,(H,29,34)(H,30,35)(H,43,44,45)/t14-,15-,16-,17-,18-,19+,20-,21-,22+,23-,24-,25-,26-,27+,28+/m1/s1. The van der Waals surface area contributed by atoms with Crippen LogP contribution in [0.3, 0.4) is 0 Å². The molecule has 1 aromatic carbocycles. The first kappa shape index (κ1) is 42.5. The van der Waals surface area contributed by atoms with Crippen molar-refractivity contribution in [3.8, 4) is 5.75 Å². The van der Waals surface area contributed by atoms with Crippen LogP contribution in [0.5, 0.6) is 5.75 Å². The lowest BCUT2D eigenvalue weighted by atomic mass is 9.94. The maximum atomic E-state index is 12.3. The second-order valence-corrected chi connectivity index (χ2v) is 13.3. The Bertz CT molecular complexity index is 1520. The number of carbonyl (C=O) groups excluding carboxylic acids is 2. The van der Waals surface area contributed by atoms with Gasteiger partial charge in [0.25, 0.3) is 5.69 Å². The molecule has 0 radical (unpaired) electrons. The number of nitrogens with zero attached hydrogens (tertiary/aromatic N) is 1. The molecule has 0 aliphatic carbocycles. The zero-order valence-electron chi connectivity index (χ0n) is 27.8. The van der Waals surface area contributed by atoms with Gasteiger partial charge in [0, 0.05) is 26.0 Å². The van der Waals surface area contributed by atoms with Crippen LogP contribution >= 0.6 is 0 Å². The summed E-state index contributed by atoms with van der Waals surface area (Å²) in [4.78, 5) is 34.9. The number of carbonyl (C=O) groups is 2. The number of aliphatic hydroxyl groups excluding tert-OH is 7. The van der Waals surface area contributed by atoms with Crippen molar-refractivity contribution in [3.05, 3.63) is 34.4 Å². The van der Waals surface area contributed by atoms with E-state index >= 15 is 0 Å². The van der Waals surface area contributed by atoms with E-state index in [1.165, 1.54) is 0 Å². The predicted molar refractivity (Wildman–Crippen MR) is 166 cm³/mol. The van der Waals surface area contributed by atoms with Crippen LogP contribution in [-0.2, 0) is 47.9 Å². The third kappa shape index (κ3) is 10.5. The fourth-order valence-corrected chi connectivity index (χ4v) is 6.18. The largest absolute Gasteiger partial charge is 0.463 e. The fraction of sp³-hybridized carbons (Fsp3) is 0.714. The summed E-state index contributed by atoms with van der Waals surface area (Å²) >= 11 is 0. The molecule has 10 N–H and O–H groups in total. The van der Waals surface area contributed by atoms with Gasteiger partial charge in [-0.2, -0.15) is 8.42 Å². The van der Waals surface area contributed by atoms with Crippen LogP contribution < -0.4 is 15.4 Å². The van der Waals surface area contributed by atoms with Gasteiger partial charge in [-0.15, -0.1) is 0 Å². The van der Waals surface area contributed by atoms with Crippen molar-refractivity contribution in [3.63, 3.8) is 0 Å². The summed E-state index contributed by atoms with van der Waals surface area (Å²) in [6.07, 6.45) is -23.2. The summed E-state index contributed by atoms with van der Waals surface area (Å²) in [5.41, 5.74) is -0.307. The second-order valence-electron chi connectivity index (χ2n) is 12.2. The number of nitro benzene ring substituents is 1. The predicted octanol–water partition coefficient (Wildman–Crippen LogP) is -5.46. The minimum atomic E-state index is -5.16. The lowest BCUT2D eigenvalue weighted by Crippen LogP contribution is -2.70. The van der Waals surface area contributed by atoms with E-state index in [-0.39, 0.29) is 11.4 Å².